The molecule has 0 spiro atoms. The molecule has 19 heavy (non-hydrogen) atoms. The van der Waals surface area contributed by atoms with E-state index in [1.54, 1.807) is 4.90 Å². The molecule has 0 bridgehead atoms. The van der Waals surface area contributed by atoms with Gasteiger partial charge in [-0.05, 0) is 13.0 Å². The number of amides is 2. The number of thioether (sulfide) groups is 1. The molecule has 1 saturated heterocycles. The van der Waals surface area contributed by atoms with Gasteiger partial charge in [-0.1, -0.05) is 0 Å². The molecule has 2 N–H and O–H groups in total. The van der Waals surface area contributed by atoms with E-state index in [2.05, 4.69) is 10.3 Å². The molecule has 0 aromatic carbocycles. The van der Waals surface area contributed by atoms with Gasteiger partial charge in [-0.15, -0.1) is 0 Å². The second-order valence-electron chi connectivity index (χ2n) is 4.31. The lowest BCUT2D eigenvalue weighted by Crippen LogP contribution is -2.46. The number of rotatable bonds is 2. The van der Waals surface area contributed by atoms with Gasteiger partial charge in [-0.25, -0.2) is 9.59 Å². The van der Waals surface area contributed by atoms with Gasteiger partial charge in [-0.2, -0.15) is 11.8 Å². The van der Waals surface area contributed by atoms with Crippen molar-refractivity contribution in [3.05, 3.63) is 24.0 Å². The van der Waals surface area contributed by atoms with E-state index in [1.165, 1.54) is 18.5 Å². The fourth-order valence-corrected chi connectivity index (χ4v) is 2.86. The maximum Gasteiger partial charge on any atom is 0.337 e. The number of aromatic carboxylic acids is 1. The van der Waals surface area contributed by atoms with Crippen molar-refractivity contribution in [2.75, 3.05) is 23.4 Å². The monoisotopic (exact) mass is 281 g/mol. The minimum Gasteiger partial charge on any atom is -0.478 e. The van der Waals surface area contributed by atoms with Gasteiger partial charge in [0.1, 0.15) is 0 Å². The molecule has 1 atom stereocenters. The number of carboxylic acid groups (broad SMARTS) is 1. The number of carbonyl (C=O) groups excluding carboxylic acids is 1. The Morgan fingerprint density at radius 1 is 1.53 bits per heavy atom. The minimum atomic E-state index is -1.06. The highest BCUT2D eigenvalue weighted by molar-refractivity contribution is 7.99. The van der Waals surface area contributed by atoms with Gasteiger partial charge in [0.25, 0.3) is 0 Å². The Morgan fingerprint density at radius 2 is 2.32 bits per heavy atom. The Kier molecular flexibility index (Phi) is 4.26. The van der Waals surface area contributed by atoms with Crippen molar-refractivity contribution in [1.29, 1.82) is 0 Å². The quantitative estimate of drug-likeness (QED) is 0.863. The molecule has 2 heterocycles. The van der Waals surface area contributed by atoms with Crippen LogP contribution in [0.2, 0.25) is 0 Å². The van der Waals surface area contributed by atoms with Gasteiger partial charge < -0.3 is 15.3 Å². The summed E-state index contributed by atoms with van der Waals surface area (Å²) in [5.41, 5.74) is 0.454. The second kappa shape index (κ2) is 5.92. The van der Waals surface area contributed by atoms with E-state index < -0.39 is 5.97 Å². The van der Waals surface area contributed by atoms with E-state index in [0.29, 0.717) is 12.2 Å². The Bertz CT molecular complexity index is 495. The molecule has 2 amide bonds. The Hall–Kier alpha value is -1.76. The summed E-state index contributed by atoms with van der Waals surface area (Å²) in [6.07, 6.45) is 2.69. The standard InChI is InChI=1S/C12H15N3O3S/c1-8-7-19-3-2-15(8)12(18)14-10-4-9(11(16)17)5-13-6-10/h4-6,8H,2-3,7H2,1H3,(H,14,18)(H,16,17). The normalized spacial score (nSPS) is 19.0. The lowest BCUT2D eigenvalue weighted by molar-refractivity contribution is 0.0696. The van der Waals surface area contributed by atoms with Crippen molar-refractivity contribution in [3.63, 3.8) is 0 Å². The van der Waals surface area contributed by atoms with Crippen molar-refractivity contribution in [3.8, 4) is 0 Å². The molecule has 1 fully saturated rings. The highest BCUT2D eigenvalue weighted by Gasteiger charge is 2.23. The fourth-order valence-electron chi connectivity index (χ4n) is 1.85. The van der Waals surface area contributed by atoms with Gasteiger partial charge in [0, 0.05) is 30.3 Å². The van der Waals surface area contributed by atoms with Crippen LogP contribution in [0.4, 0.5) is 10.5 Å². The maximum atomic E-state index is 12.1. The molecule has 1 aromatic heterocycles. The summed E-state index contributed by atoms with van der Waals surface area (Å²) in [4.78, 5) is 28.5. The average Bonchev–Trinajstić information content (AvgIpc) is 2.39. The molecule has 7 heteroatoms. The summed E-state index contributed by atoms with van der Waals surface area (Å²) in [5.74, 6) is 0.776. The molecule has 1 unspecified atom stereocenters. The van der Waals surface area contributed by atoms with Crippen LogP contribution < -0.4 is 5.32 Å². The summed E-state index contributed by atoms with van der Waals surface area (Å²) in [5, 5.41) is 11.6. The summed E-state index contributed by atoms with van der Waals surface area (Å²) in [6, 6.07) is 1.36. The van der Waals surface area contributed by atoms with Crippen LogP contribution in [0.3, 0.4) is 0 Å². The first kappa shape index (κ1) is 13.7. The highest BCUT2D eigenvalue weighted by atomic mass is 32.2. The molecular weight excluding hydrogens is 266 g/mol. The second-order valence-corrected chi connectivity index (χ2v) is 5.46. The molecule has 102 valence electrons. The van der Waals surface area contributed by atoms with Crippen LogP contribution in [0.25, 0.3) is 0 Å². The van der Waals surface area contributed by atoms with Gasteiger partial charge in [-0.3, -0.25) is 4.98 Å². The van der Waals surface area contributed by atoms with Crippen molar-refractivity contribution >= 4 is 29.4 Å². The number of nitrogens with one attached hydrogen (secondary N) is 1. The zero-order valence-corrected chi connectivity index (χ0v) is 11.3. The highest BCUT2D eigenvalue weighted by Crippen LogP contribution is 2.17. The molecule has 2 rings (SSSR count). The van der Waals surface area contributed by atoms with Crippen LogP contribution in [-0.2, 0) is 0 Å². The number of urea groups is 1. The average molecular weight is 281 g/mol. The number of anilines is 1. The molecule has 1 aliphatic heterocycles. The third-order valence-corrected chi connectivity index (χ3v) is 4.05. The van der Waals surface area contributed by atoms with Crippen LogP contribution in [0.15, 0.2) is 18.5 Å². The van der Waals surface area contributed by atoms with E-state index in [0.717, 1.165) is 11.5 Å². The summed E-state index contributed by atoms with van der Waals surface area (Å²) in [6.45, 7) is 2.70. The van der Waals surface area contributed by atoms with Crippen molar-refractivity contribution in [2.45, 2.75) is 13.0 Å². The molecule has 1 aromatic rings. The topological polar surface area (TPSA) is 82.5 Å². The SMILES string of the molecule is CC1CSCCN1C(=O)Nc1cncc(C(=O)O)c1. The number of pyridine rings is 1. The number of carboxylic acids is 1. The molecule has 6 nitrogen and oxygen atoms in total. The third-order valence-electron chi connectivity index (χ3n) is 2.86. The lowest BCUT2D eigenvalue weighted by Gasteiger charge is -2.32. The Balaban J connectivity index is 2.06. The van der Waals surface area contributed by atoms with Crippen LogP contribution in [0.1, 0.15) is 17.3 Å². The molecule has 1 aliphatic rings. The molecule has 0 radical (unpaired) electrons. The number of nitrogens with zero attached hydrogens (tertiary/aromatic N) is 2. The first-order valence-corrected chi connectivity index (χ1v) is 7.07. The van der Waals surface area contributed by atoms with Gasteiger partial charge >= 0.3 is 12.0 Å². The van der Waals surface area contributed by atoms with Gasteiger partial charge in [0.15, 0.2) is 0 Å². The zero-order valence-electron chi connectivity index (χ0n) is 10.5. The lowest BCUT2D eigenvalue weighted by atomic mass is 10.2. The van der Waals surface area contributed by atoms with E-state index in [-0.39, 0.29) is 17.6 Å². The van der Waals surface area contributed by atoms with Crippen LogP contribution in [-0.4, -0.2) is 51.1 Å². The predicted octanol–water partition coefficient (Wildman–Crippen LogP) is 1.75. The summed E-state index contributed by atoms with van der Waals surface area (Å²) < 4.78 is 0. The minimum absolute atomic E-state index is 0.0556. The van der Waals surface area contributed by atoms with E-state index in [1.807, 2.05) is 18.7 Å². The van der Waals surface area contributed by atoms with E-state index >= 15 is 0 Å². The molecule has 0 saturated carbocycles. The number of aromatic nitrogens is 1. The summed E-state index contributed by atoms with van der Waals surface area (Å²) >= 11 is 1.83. The Morgan fingerprint density at radius 3 is 3.00 bits per heavy atom. The third kappa shape index (κ3) is 3.37. The first-order valence-electron chi connectivity index (χ1n) is 5.91. The van der Waals surface area contributed by atoms with Crippen LogP contribution in [0, 0.1) is 0 Å². The fraction of sp³-hybridized carbons (Fsp3) is 0.417. The van der Waals surface area contributed by atoms with Crippen LogP contribution in [0.5, 0.6) is 0 Å². The molecular formula is C12H15N3O3S. The number of carbonyl (C=O) groups is 2. The van der Waals surface area contributed by atoms with E-state index in [9.17, 15) is 9.59 Å². The smallest absolute Gasteiger partial charge is 0.337 e. The number of hydrogen-bond donors (Lipinski definition) is 2. The van der Waals surface area contributed by atoms with E-state index in [4.69, 9.17) is 5.11 Å². The molecule has 0 aliphatic carbocycles. The van der Waals surface area contributed by atoms with Crippen molar-refractivity contribution < 1.29 is 14.7 Å². The largest absolute Gasteiger partial charge is 0.478 e. The van der Waals surface area contributed by atoms with Crippen molar-refractivity contribution in [2.24, 2.45) is 0 Å². The summed E-state index contributed by atoms with van der Waals surface area (Å²) in [7, 11) is 0. The van der Waals surface area contributed by atoms with Crippen molar-refractivity contribution in [1.82, 2.24) is 9.88 Å². The zero-order chi connectivity index (χ0) is 13.8. The first-order chi connectivity index (χ1) is 9.08. The van der Waals surface area contributed by atoms with Gasteiger partial charge in [0.05, 0.1) is 17.4 Å². The van der Waals surface area contributed by atoms with Gasteiger partial charge in [0.2, 0.25) is 0 Å². The van der Waals surface area contributed by atoms with Crippen LogP contribution >= 0.6 is 11.8 Å². The maximum absolute atomic E-state index is 12.1. The number of hydrogen-bond acceptors (Lipinski definition) is 4. The Labute approximate surface area is 115 Å². The predicted molar refractivity (Wildman–Crippen MR) is 73.7 cm³/mol.